The molecule has 4 heteroatoms. The molecule has 2 aliphatic rings. The quantitative estimate of drug-likeness (QED) is 0.585. The Balaban J connectivity index is 1.89. The van der Waals surface area contributed by atoms with Gasteiger partial charge in [0.05, 0.1) is 18.2 Å². The predicted octanol–water partition coefficient (Wildman–Crippen LogP) is -0.357. The molecule has 74 valence electrons. The molecule has 0 bridgehead atoms. The van der Waals surface area contributed by atoms with Crippen LogP contribution in [0.15, 0.2) is 0 Å². The summed E-state index contributed by atoms with van der Waals surface area (Å²) in [5.41, 5.74) is 0.0209. The lowest BCUT2D eigenvalue weighted by Crippen LogP contribution is -2.36. The molecule has 2 unspecified atom stereocenters. The Morgan fingerprint density at radius 3 is 3.15 bits per heavy atom. The molecule has 0 aromatic rings. The first kappa shape index (κ1) is 8.97. The van der Waals surface area contributed by atoms with Crippen LogP contribution >= 0.6 is 0 Å². The second-order valence-corrected chi connectivity index (χ2v) is 4.02. The molecule has 13 heavy (non-hydrogen) atoms. The van der Waals surface area contributed by atoms with Gasteiger partial charge in [-0.1, -0.05) is 0 Å². The third kappa shape index (κ3) is 1.84. The Morgan fingerprint density at radius 2 is 2.54 bits per heavy atom. The molecule has 2 saturated heterocycles. The van der Waals surface area contributed by atoms with E-state index in [-0.39, 0.29) is 17.6 Å². The molecule has 2 rings (SSSR count). The average molecular weight is 184 g/mol. The van der Waals surface area contributed by atoms with Gasteiger partial charge < -0.3 is 15.4 Å². The third-order valence-electron chi connectivity index (χ3n) is 2.82. The summed E-state index contributed by atoms with van der Waals surface area (Å²) in [6.07, 6.45) is 2.03. The molecule has 2 atom stereocenters. The van der Waals surface area contributed by atoms with Crippen molar-refractivity contribution in [1.82, 2.24) is 10.6 Å². The predicted molar refractivity (Wildman–Crippen MR) is 48.4 cm³/mol. The zero-order chi connectivity index (χ0) is 9.31. The lowest BCUT2D eigenvalue weighted by Gasteiger charge is -2.20. The van der Waals surface area contributed by atoms with Gasteiger partial charge in [-0.2, -0.15) is 0 Å². The van der Waals surface area contributed by atoms with E-state index in [1.165, 1.54) is 0 Å². The van der Waals surface area contributed by atoms with Gasteiger partial charge >= 0.3 is 0 Å². The van der Waals surface area contributed by atoms with E-state index in [2.05, 4.69) is 10.6 Å². The van der Waals surface area contributed by atoms with Gasteiger partial charge in [0, 0.05) is 19.9 Å². The van der Waals surface area contributed by atoms with Gasteiger partial charge in [0.15, 0.2) is 0 Å². The number of amides is 1. The highest BCUT2D eigenvalue weighted by Gasteiger charge is 2.42. The number of carbonyl (C=O) groups is 1. The van der Waals surface area contributed by atoms with E-state index >= 15 is 0 Å². The summed E-state index contributed by atoms with van der Waals surface area (Å²) in [4.78, 5) is 10.8. The monoisotopic (exact) mass is 184 g/mol. The van der Waals surface area contributed by atoms with Crippen molar-refractivity contribution < 1.29 is 9.53 Å². The van der Waals surface area contributed by atoms with Crippen LogP contribution in [-0.4, -0.2) is 37.2 Å². The van der Waals surface area contributed by atoms with Gasteiger partial charge in [0.1, 0.15) is 0 Å². The lowest BCUT2D eigenvalue weighted by atomic mass is 9.97. The van der Waals surface area contributed by atoms with Crippen molar-refractivity contribution in [3.05, 3.63) is 0 Å². The van der Waals surface area contributed by atoms with Gasteiger partial charge in [-0.05, 0) is 13.0 Å². The van der Waals surface area contributed by atoms with E-state index in [1.807, 2.05) is 0 Å². The Morgan fingerprint density at radius 1 is 1.69 bits per heavy atom. The fraction of sp³-hybridized carbons (Fsp3) is 0.889. The molecular formula is C9H16N2O2. The number of rotatable bonds is 1. The van der Waals surface area contributed by atoms with Crippen LogP contribution in [0.1, 0.15) is 19.8 Å². The highest BCUT2D eigenvalue weighted by molar-refractivity contribution is 5.73. The van der Waals surface area contributed by atoms with E-state index in [1.54, 1.807) is 6.92 Å². The van der Waals surface area contributed by atoms with Gasteiger partial charge in [0.25, 0.3) is 0 Å². The zero-order valence-electron chi connectivity index (χ0n) is 7.93. The zero-order valence-corrected chi connectivity index (χ0v) is 7.93. The van der Waals surface area contributed by atoms with Crippen molar-refractivity contribution in [1.29, 1.82) is 0 Å². The highest BCUT2D eigenvalue weighted by Crippen LogP contribution is 2.31. The van der Waals surface area contributed by atoms with Crippen LogP contribution in [0, 0.1) is 0 Å². The largest absolute Gasteiger partial charge is 0.371 e. The van der Waals surface area contributed by atoms with Crippen molar-refractivity contribution >= 4 is 5.91 Å². The van der Waals surface area contributed by atoms with Gasteiger partial charge in [-0.25, -0.2) is 0 Å². The molecule has 0 aromatic heterocycles. The number of carbonyl (C=O) groups excluding carboxylic acids is 1. The first-order valence-corrected chi connectivity index (χ1v) is 4.82. The minimum absolute atomic E-state index is 0.0209. The molecule has 2 N–H and O–H groups in total. The molecule has 0 saturated carbocycles. The summed E-state index contributed by atoms with van der Waals surface area (Å²) in [5.74, 6) is 0.0385. The molecule has 0 aliphatic carbocycles. The van der Waals surface area contributed by atoms with E-state index in [9.17, 15) is 4.79 Å². The van der Waals surface area contributed by atoms with Crippen LogP contribution in [0.25, 0.3) is 0 Å². The molecule has 1 spiro atoms. The second kappa shape index (κ2) is 3.27. The van der Waals surface area contributed by atoms with Gasteiger partial charge in [-0.3, -0.25) is 4.79 Å². The maximum atomic E-state index is 10.8. The Bertz CT molecular complexity index is 212. The average Bonchev–Trinajstić information content (AvgIpc) is 2.63. The minimum Gasteiger partial charge on any atom is -0.371 e. The summed E-state index contributed by atoms with van der Waals surface area (Å²) in [7, 11) is 0. The van der Waals surface area contributed by atoms with Gasteiger partial charge in [-0.15, -0.1) is 0 Å². The number of nitrogens with one attached hydrogen (secondary N) is 2. The highest BCUT2D eigenvalue weighted by atomic mass is 16.5. The van der Waals surface area contributed by atoms with Crippen LogP contribution < -0.4 is 10.6 Å². The van der Waals surface area contributed by atoms with Crippen molar-refractivity contribution in [3.8, 4) is 0 Å². The summed E-state index contributed by atoms with van der Waals surface area (Å²) in [5, 5.41) is 6.19. The van der Waals surface area contributed by atoms with Crippen LogP contribution in [0.5, 0.6) is 0 Å². The first-order valence-electron chi connectivity index (χ1n) is 4.82. The Kier molecular flexibility index (Phi) is 2.26. The van der Waals surface area contributed by atoms with Crippen LogP contribution in [0.4, 0.5) is 0 Å². The summed E-state index contributed by atoms with van der Waals surface area (Å²) < 4.78 is 5.74. The maximum absolute atomic E-state index is 10.8. The molecule has 1 amide bonds. The summed E-state index contributed by atoms with van der Waals surface area (Å²) in [6, 6.07) is 0.220. The fourth-order valence-corrected chi connectivity index (χ4v) is 2.24. The van der Waals surface area contributed by atoms with Crippen LogP contribution in [0.3, 0.4) is 0 Å². The smallest absolute Gasteiger partial charge is 0.217 e. The molecule has 0 aromatic carbocycles. The van der Waals surface area contributed by atoms with Crippen molar-refractivity contribution in [2.45, 2.75) is 31.4 Å². The molecule has 2 aliphatic heterocycles. The number of hydrogen-bond donors (Lipinski definition) is 2. The second-order valence-electron chi connectivity index (χ2n) is 4.02. The Hall–Kier alpha value is -0.610. The van der Waals surface area contributed by atoms with Crippen molar-refractivity contribution in [2.75, 3.05) is 19.7 Å². The van der Waals surface area contributed by atoms with Crippen LogP contribution in [-0.2, 0) is 9.53 Å². The van der Waals surface area contributed by atoms with Gasteiger partial charge in [0.2, 0.25) is 5.91 Å². The molecular weight excluding hydrogens is 168 g/mol. The minimum atomic E-state index is 0.0209. The number of hydrogen-bond acceptors (Lipinski definition) is 3. The molecule has 2 fully saturated rings. The molecule has 4 nitrogen and oxygen atoms in total. The standard InChI is InChI=1S/C9H16N2O2/c1-7(12)11-8-4-9(13-5-8)2-3-10-6-9/h8,10H,2-6H2,1H3,(H,11,12). The lowest BCUT2D eigenvalue weighted by molar-refractivity contribution is -0.119. The van der Waals surface area contributed by atoms with E-state index < -0.39 is 0 Å². The maximum Gasteiger partial charge on any atom is 0.217 e. The first-order chi connectivity index (χ1) is 6.20. The van der Waals surface area contributed by atoms with Crippen LogP contribution in [0.2, 0.25) is 0 Å². The van der Waals surface area contributed by atoms with E-state index in [4.69, 9.17) is 4.74 Å². The number of ether oxygens (including phenoxy) is 1. The fourth-order valence-electron chi connectivity index (χ4n) is 2.24. The van der Waals surface area contributed by atoms with E-state index in [0.717, 1.165) is 25.9 Å². The Labute approximate surface area is 78.0 Å². The normalized spacial score (nSPS) is 38.4. The molecule has 0 radical (unpaired) electrons. The summed E-state index contributed by atoms with van der Waals surface area (Å²) in [6.45, 7) is 4.19. The SMILES string of the molecule is CC(=O)NC1COC2(CCNC2)C1. The third-order valence-corrected chi connectivity index (χ3v) is 2.82. The van der Waals surface area contributed by atoms with Crippen molar-refractivity contribution in [2.24, 2.45) is 0 Å². The summed E-state index contributed by atoms with van der Waals surface area (Å²) >= 11 is 0. The van der Waals surface area contributed by atoms with E-state index in [0.29, 0.717) is 6.61 Å². The molecule has 2 heterocycles. The van der Waals surface area contributed by atoms with Crippen molar-refractivity contribution in [3.63, 3.8) is 0 Å². The topological polar surface area (TPSA) is 50.4 Å².